The molecule has 3 aliphatic carbocycles. The number of nitrogens with zero attached hydrogens (tertiary/aromatic N) is 1. The molecule has 31 heavy (non-hydrogen) atoms. The van der Waals surface area contributed by atoms with Gasteiger partial charge in [0.15, 0.2) is 11.6 Å². The first-order valence-corrected chi connectivity index (χ1v) is 10.4. The maximum atomic E-state index is 13.5. The van der Waals surface area contributed by atoms with Crippen LogP contribution >= 0.6 is 0 Å². The molecule has 8 heteroatoms. The Kier molecular flexibility index (Phi) is 4.83. The number of aryl methyl sites for hydroxylation is 1. The molecule has 1 aromatic rings. The zero-order valence-electron chi connectivity index (χ0n) is 17.7. The molecular weight excluding hydrogens is 400 g/mol. The molecule has 0 aliphatic heterocycles. The predicted octanol–water partition coefficient (Wildman–Crippen LogP) is 2.09. The normalized spacial score (nSPS) is 25.2. The van der Waals surface area contributed by atoms with Crippen LogP contribution in [0, 0.1) is 17.8 Å². The van der Waals surface area contributed by atoms with Crippen LogP contribution in [0.5, 0.6) is 5.75 Å². The lowest BCUT2D eigenvalue weighted by Crippen LogP contribution is -2.43. The summed E-state index contributed by atoms with van der Waals surface area (Å²) in [5.41, 5.74) is 7.19. The molecular formula is C23H26N2O6. The number of Topliss-reactive ketones (excluding diaryl/α,β-unsaturated/α-hetero) is 2. The van der Waals surface area contributed by atoms with E-state index in [1.165, 1.54) is 0 Å². The molecule has 3 aliphatic rings. The highest BCUT2D eigenvalue weighted by Gasteiger charge is 2.50. The Bertz CT molecular complexity index is 1100. The summed E-state index contributed by atoms with van der Waals surface area (Å²) in [6, 6.07) is 1.87. The molecule has 1 aromatic carbocycles. The van der Waals surface area contributed by atoms with E-state index in [1.807, 2.05) is 32.0 Å². The number of aliphatic hydroxyl groups is 2. The number of ketones is 2. The van der Waals surface area contributed by atoms with Crippen molar-refractivity contribution >= 4 is 23.2 Å². The summed E-state index contributed by atoms with van der Waals surface area (Å²) < 4.78 is 0. The average molecular weight is 426 g/mol. The largest absolute Gasteiger partial charge is 0.511 e. The number of benzene rings is 1. The number of phenols is 1. The molecule has 3 atom stereocenters. The lowest BCUT2D eigenvalue weighted by molar-refractivity contribution is -0.126. The smallest absolute Gasteiger partial charge is 0.255 e. The van der Waals surface area contributed by atoms with Gasteiger partial charge in [-0.3, -0.25) is 14.4 Å². The van der Waals surface area contributed by atoms with Crippen molar-refractivity contribution < 1.29 is 29.7 Å². The first-order chi connectivity index (χ1) is 14.6. The zero-order chi connectivity index (χ0) is 22.8. The Labute approximate surface area is 179 Å². The van der Waals surface area contributed by atoms with E-state index < -0.39 is 34.9 Å². The standard InChI is InChI=1S/C23H26N2O6/c1-4-9-7-13(25(2)3)12-6-10-5-11-8-14(26)18(23(24)31)22(30)16(11)20(28)15(10)21(29)17(12)19(9)27/h7,10-11,16,26-28H,4-6,8H2,1-3H3,(H2,24,31)/t10-,11+,16?/m1/s1. The van der Waals surface area contributed by atoms with Crippen LogP contribution in [-0.2, 0) is 22.4 Å². The van der Waals surface area contributed by atoms with Gasteiger partial charge in [0.25, 0.3) is 5.91 Å². The van der Waals surface area contributed by atoms with Crippen LogP contribution in [0.1, 0.15) is 41.3 Å². The summed E-state index contributed by atoms with van der Waals surface area (Å²) in [5.74, 6) is -5.04. The second-order valence-electron chi connectivity index (χ2n) is 8.76. The van der Waals surface area contributed by atoms with Gasteiger partial charge in [0, 0.05) is 31.8 Å². The van der Waals surface area contributed by atoms with Gasteiger partial charge >= 0.3 is 0 Å². The summed E-state index contributed by atoms with van der Waals surface area (Å²) in [6.45, 7) is 1.88. The summed E-state index contributed by atoms with van der Waals surface area (Å²) in [5, 5.41) is 32.1. The van der Waals surface area contributed by atoms with E-state index in [9.17, 15) is 29.7 Å². The summed E-state index contributed by atoms with van der Waals surface area (Å²) >= 11 is 0. The number of hydrogen-bond donors (Lipinski definition) is 4. The molecule has 0 bridgehead atoms. The highest BCUT2D eigenvalue weighted by Crippen LogP contribution is 2.51. The highest BCUT2D eigenvalue weighted by atomic mass is 16.3. The molecule has 0 saturated heterocycles. The third-order valence-electron chi connectivity index (χ3n) is 6.80. The van der Waals surface area contributed by atoms with E-state index in [0.717, 1.165) is 5.69 Å². The van der Waals surface area contributed by atoms with Gasteiger partial charge in [0.05, 0.1) is 11.5 Å². The van der Waals surface area contributed by atoms with Gasteiger partial charge in [-0.05, 0) is 48.3 Å². The fourth-order valence-corrected chi connectivity index (χ4v) is 5.41. The number of carbonyl (C=O) groups excluding carboxylic acids is 3. The van der Waals surface area contributed by atoms with Crippen LogP contribution < -0.4 is 10.6 Å². The fourth-order valence-electron chi connectivity index (χ4n) is 5.41. The molecule has 164 valence electrons. The number of fused-ring (bicyclic) bond motifs is 3. The van der Waals surface area contributed by atoms with Gasteiger partial charge in [0.2, 0.25) is 0 Å². The van der Waals surface area contributed by atoms with Crippen molar-refractivity contribution in [2.45, 2.75) is 32.6 Å². The fraction of sp³-hybridized carbons (Fsp3) is 0.435. The minimum absolute atomic E-state index is 0.0319. The number of carbonyl (C=O) groups is 3. The van der Waals surface area contributed by atoms with Crippen molar-refractivity contribution in [3.05, 3.63) is 45.4 Å². The topological polar surface area (TPSA) is 141 Å². The first kappa shape index (κ1) is 21.0. The molecule has 1 amide bonds. The molecule has 1 unspecified atom stereocenters. The number of aromatic hydroxyl groups is 1. The summed E-state index contributed by atoms with van der Waals surface area (Å²) in [4.78, 5) is 40.0. The maximum absolute atomic E-state index is 13.5. The van der Waals surface area contributed by atoms with Crippen molar-refractivity contribution in [2.75, 3.05) is 19.0 Å². The number of rotatable bonds is 3. The quantitative estimate of drug-likeness (QED) is 0.542. The van der Waals surface area contributed by atoms with E-state index in [-0.39, 0.29) is 40.7 Å². The predicted molar refractivity (Wildman–Crippen MR) is 113 cm³/mol. The van der Waals surface area contributed by atoms with Crippen molar-refractivity contribution in [1.29, 1.82) is 0 Å². The van der Waals surface area contributed by atoms with Crippen molar-refractivity contribution in [3.8, 4) is 5.75 Å². The maximum Gasteiger partial charge on any atom is 0.255 e. The minimum Gasteiger partial charge on any atom is -0.511 e. The van der Waals surface area contributed by atoms with Gasteiger partial charge in [0.1, 0.15) is 22.8 Å². The summed E-state index contributed by atoms with van der Waals surface area (Å²) in [6.07, 6.45) is 1.36. The molecule has 0 spiro atoms. The molecule has 0 aromatic heterocycles. The van der Waals surface area contributed by atoms with E-state index in [0.29, 0.717) is 30.4 Å². The van der Waals surface area contributed by atoms with E-state index in [4.69, 9.17) is 5.73 Å². The number of nitrogens with two attached hydrogens (primary N) is 1. The molecule has 0 saturated carbocycles. The van der Waals surface area contributed by atoms with Gasteiger partial charge in [-0.15, -0.1) is 0 Å². The Morgan fingerprint density at radius 2 is 1.87 bits per heavy atom. The van der Waals surface area contributed by atoms with Crippen LogP contribution in [0.15, 0.2) is 28.7 Å². The minimum atomic E-state index is -1.10. The second-order valence-corrected chi connectivity index (χ2v) is 8.76. The van der Waals surface area contributed by atoms with E-state index >= 15 is 0 Å². The molecule has 0 radical (unpaired) electrons. The van der Waals surface area contributed by atoms with Crippen LogP contribution in [0.4, 0.5) is 5.69 Å². The highest BCUT2D eigenvalue weighted by molar-refractivity contribution is 6.22. The number of primary amides is 1. The number of aliphatic hydroxyl groups excluding tert-OH is 2. The molecule has 5 N–H and O–H groups in total. The van der Waals surface area contributed by atoms with Crippen LogP contribution in [0.3, 0.4) is 0 Å². The van der Waals surface area contributed by atoms with Gasteiger partial charge in [-0.25, -0.2) is 0 Å². The Hall–Kier alpha value is -3.29. The number of amides is 1. The van der Waals surface area contributed by atoms with Crippen molar-refractivity contribution in [2.24, 2.45) is 23.5 Å². The monoisotopic (exact) mass is 426 g/mol. The number of hydrogen-bond acceptors (Lipinski definition) is 7. The third kappa shape index (κ3) is 2.92. The molecule has 4 rings (SSSR count). The summed E-state index contributed by atoms with van der Waals surface area (Å²) in [7, 11) is 3.73. The number of phenolic OH excluding ortho intramolecular Hbond substituents is 1. The van der Waals surface area contributed by atoms with Crippen LogP contribution in [0.25, 0.3) is 0 Å². The lowest BCUT2D eigenvalue weighted by atomic mass is 9.62. The number of anilines is 1. The van der Waals surface area contributed by atoms with E-state index in [2.05, 4.69) is 0 Å². The SMILES string of the molecule is CCc1cc(N(C)C)c2c(c1O)C(=O)C1=C(O)C3C(=O)C(C(N)=O)=C(O)C[C@@H]3C[C@@H]1C2. The average Bonchev–Trinajstić information content (AvgIpc) is 2.66. The third-order valence-corrected chi connectivity index (χ3v) is 6.80. The molecule has 8 nitrogen and oxygen atoms in total. The molecule has 0 heterocycles. The van der Waals surface area contributed by atoms with Crippen molar-refractivity contribution in [3.63, 3.8) is 0 Å². The Morgan fingerprint density at radius 1 is 1.19 bits per heavy atom. The van der Waals surface area contributed by atoms with Crippen LogP contribution in [-0.4, -0.2) is 46.9 Å². The lowest BCUT2D eigenvalue weighted by Gasteiger charge is -2.41. The van der Waals surface area contributed by atoms with Gasteiger partial charge in [-0.2, -0.15) is 0 Å². The Balaban J connectivity index is 1.89. The Morgan fingerprint density at radius 3 is 2.45 bits per heavy atom. The number of allylic oxidation sites excluding steroid dienone is 3. The first-order valence-electron chi connectivity index (χ1n) is 10.4. The zero-order valence-corrected chi connectivity index (χ0v) is 17.7. The van der Waals surface area contributed by atoms with Gasteiger partial charge in [-0.1, -0.05) is 6.92 Å². The van der Waals surface area contributed by atoms with E-state index in [1.54, 1.807) is 0 Å². The van der Waals surface area contributed by atoms with Gasteiger partial charge < -0.3 is 26.0 Å². The molecule has 0 fully saturated rings. The van der Waals surface area contributed by atoms with Crippen LogP contribution in [0.2, 0.25) is 0 Å². The van der Waals surface area contributed by atoms with Crippen molar-refractivity contribution in [1.82, 2.24) is 0 Å². The second kappa shape index (κ2) is 7.14.